The number of halogens is 2. The number of hydrogen-bond acceptors (Lipinski definition) is 3. The average Bonchev–Trinajstić information content (AvgIpc) is 2.63. The topological polar surface area (TPSA) is 50.4 Å². The van der Waals surface area contributed by atoms with Crippen LogP contribution < -0.4 is 15.4 Å². The Morgan fingerprint density at radius 2 is 1.96 bits per heavy atom. The minimum Gasteiger partial charge on any atom is -0.488 e. The molecule has 1 heterocycles. The molecule has 0 bridgehead atoms. The summed E-state index contributed by atoms with van der Waals surface area (Å²) in [4.78, 5) is 12.7. The fourth-order valence-electron chi connectivity index (χ4n) is 3.01. The molecule has 2 atom stereocenters. The first kappa shape index (κ1) is 20.2. The van der Waals surface area contributed by atoms with Crippen molar-refractivity contribution < 1.29 is 13.9 Å². The van der Waals surface area contributed by atoms with Crippen LogP contribution in [0.5, 0.6) is 5.75 Å². The van der Waals surface area contributed by atoms with Gasteiger partial charge in [0.2, 0.25) is 0 Å². The maximum atomic E-state index is 13.0. The highest BCUT2D eigenvalue weighted by atomic mass is 35.5. The maximum absolute atomic E-state index is 13.0. The van der Waals surface area contributed by atoms with E-state index >= 15 is 0 Å². The average molecular weight is 379 g/mol. The van der Waals surface area contributed by atoms with Gasteiger partial charge in [-0.25, -0.2) is 4.39 Å². The van der Waals surface area contributed by atoms with E-state index in [9.17, 15) is 9.18 Å². The molecule has 2 aromatic rings. The number of piperidine rings is 1. The van der Waals surface area contributed by atoms with Crippen LogP contribution >= 0.6 is 12.4 Å². The van der Waals surface area contributed by atoms with Gasteiger partial charge in [0.25, 0.3) is 5.91 Å². The van der Waals surface area contributed by atoms with E-state index in [1.807, 2.05) is 12.1 Å². The molecule has 0 radical (unpaired) electrons. The Kier molecular flexibility index (Phi) is 7.42. The molecular weight excluding hydrogens is 355 g/mol. The van der Waals surface area contributed by atoms with Crippen LogP contribution in [0.4, 0.5) is 4.39 Å². The SMILES string of the molecule is CC1NCCCC1NC(=O)c1ccccc1OCc1ccc(F)cc1.Cl. The van der Waals surface area contributed by atoms with Crippen molar-refractivity contribution in [3.63, 3.8) is 0 Å². The molecule has 0 spiro atoms. The zero-order valence-corrected chi connectivity index (χ0v) is 15.5. The second kappa shape index (κ2) is 9.55. The van der Waals surface area contributed by atoms with Gasteiger partial charge < -0.3 is 15.4 Å². The molecule has 0 aromatic heterocycles. The van der Waals surface area contributed by atoms with Crippen molar-refractivity contribution in [2.24, 2.45) is 0 Å². The van der Waals surface area contributed by atoms with Gasteiger partial charge in [0.1, 0.15) is 18.2 Å². The van der Waals surface area contributed by atoms with Gasteiger partial charge in [0.05, 0.1) is 5.56 Å². The molecule has 140 valence electrons. The van der Waals surface area contributed by atoms with Crippen molar-refractivity contribution in [1.82, 2.24) is 10.6 Å². The number of ether oxygens (including phenoxy) is 1. The third kappa shape index (κ3) is 5.19. The van der Waals surface area contributed by atoms with E-state index in [2.05, 4.69) is 17.6 Å². The second-order valence-corrected chi connectivity index (χ2v) is 6.38. The van der Waals surface area contributed by atoms with Gasteiger partial charge in [-0.15, -0.1) is 12.4 Å². The Hall–Kier alpha value is -2.11. The van der Waals surface area contributed by atoms with Gasteiger partial charge in [0, 0.05) is 12.1 Å². The summed E-state index contributed by atoms with van der Waals surface area (Å²) < 4.78 is 18.8. The van der Waals surface area contributed by atoms with Crippen molar-refractivity contribution in [2.45, 2.75) is 38.5 Å². The van der Waals surface area contributed by atoms with Crippen molar-refractivity contribution in [3.05, 3.63) is 65.5 Å². The lowest BCUT2D eigenvalue weighted by Gasteiger charge is -2.30. The molecule has 0 aliphatic carbocycles. The smallest absolute Gasteiger partial charge is 0.255 e. The van der Waals surface area contributed by atoms with Crippen LogP contribution in [-0.4, -0.2) is 24.5 Å². The lowest BCUT2D eigenvalue weighted by atomic mass is 9.99. The molecule has 1 fully saturated rings. The predicted molar refractivity (Wildman–Crippen MR) is 102 cm³/mol. The van der Waals surface area contributed by atoms with E-state index in [1.54, 1.807) is 24.3 Å². The summed E-state index contributed by atoms with van der Waals surface area (Å²) >= 11 is 0. The number of benzene rings is 2. The van der Waals surface area contributed by atoms with Crippen LogP contribution in [0.2, 0.25) is 0 Å². The molecule has 4 nitrogen and oxygen atoms in total. The van der Waals surface area contributed by atoms with Crippen LogP contribution in [0.3, 0.4) is 0 Å². The molecule has 26 heavy (non-hydrogen) atoms. The number of carbonyl (C=O) groups excluding carboxylic acids is 1. The van der Waals surface area contributed by atoms with Crippen molar-refractivity contribution >= 4 is 18.3 Å². The summed E-state index contributed by atoms with van der Waals surface area (Å²) in [6.45, 7) is 3.36. The van der Waals surface area contributed by atoms with Crippen molar-refractivity contribution in [1.29, 1.82) is 0 Å². The molecule has 3 rings (SSSR count). The Morgan fingerprint density at radius 3 is 2.69 bits per heavy atom. The standard InChI is InChI=1S/C20H23FN2O2.ClH/c1-14-18(6-4-12-22-14)23-20(24)17-5-2-3-7-19(17)25-13-15-8-10-16(21)11-9-15;/h2-3,5,7-11,14,18,22H,4,6,12-13H2,1H3,(H,23,24);1H. The highest BCUT2D eigenvalue weighted by molar-refractivity contribution is 5.97. The van der Waals surface area contributed by atoms with E-state index in [1.165, 1.54) is 12.1 Å². The summed E-state index contributed by atoms with van der Waals surface area (Å²) in [6, 6.07) is 13.7. The monoisotopic (exact) mass is 378 g/mol. The van der Waals surface area contributed by atoms with Gasteiger partial charge in [-0.2, -0.15) is 0 Å². The number of amides is 1. The van der Waals surface area contributed by atoms with E-state index in [0.29, 0.717) is 11.3 Å². The molecule has 2 unspecified atom stereocenters. The van der Waals surface area contributed by atoms with E-state index in [0.717, 1.165) is 24.9 Å². The number of para-hydroxylation sites is 1. The van der Waals surface area contributed by atoms with Gasteiger partial charge in [0.15, 0.2) is 0 Å². The molecule has 1 aliphatic heterocycles. The fourth-order valence-corrected chi connectivity index (χ4v) is 3.01. The van der Waals surface area contributed by atoms with Crippen molar-refractivity contribution in [3.8, 4) is 5.75 Å². The predicted octanol–water partition coefficient (Wildman–Crippen LogP) is 3.70. The highest BCUT2D eigenvalue weighted by Crippen LogP contribution is 2.20. The Bertz CT molecular complexity index is 724. The molecule has 6 heteroatoms. The Balaban J connectivity index is 0.00000243. The van der Waals surface area contributed by atoms with Crippen LogP contribution in [0, 0.1) is 5.82 Å². The Morgan fingerprint density at radius 1 is 1.23 bits per heavy atom. The zero-order valence-electron chi connectivity index (χ0n) is 14.7. The summed E-state index contributed by atoms with van der Waals surface area (Å²) in [6.07, 6.45) is 2.02. The van der Waals surface area contributed by atoms with Gasteiger partial charge >= 0.3 is 0 Å². The second-order valence-electron chi connectivity index (χ2n) is 6.38. The quantitative estimate of drug-likeness (QED) is 0.834. The summed E-state index contributed by atoms with van der Waals surface area (Å²) in [5.41, 5.74) is 1.36. The fraction of sp³-hybridized carbons (Fsp3) is 0.350. The third-order valence-electron chi connectivity index (χ3n) is 4.52. The largest absolute Gasteiger partial charge is 0.488 e. The molecule has 1 amide bonds. The lowest BCUT2D eigenvalue weighted by molar-refractivity contribution is 0.0915. The normalized spacial score (nSPS) is 19.3. The summed E-state index contributed by atoms with van der Waals surface area (Å²) in [7, 11) is 0. The van der Waals surface area contributed by atoms with E-state index in [4.69, 9.17) is 4.74 Å². The van der Waals surface area contributed by atoms with Crippen LogP contribution in [0.15, 0.2) is 48.5 Å². The Labute approximate surface area is 159 Å². The van der Waals surface area contributed by atoms with Gasteiger partial charge in [-0.1, -0.05) is 24.3 Å². The van der Waals surface area contributed by atoms with Crippen LogP contribution in [0.25, 0.3) is 0 Å². The number of rotatable bonds is 5. The number of carbonyl (C=O) groups is 1. The lowest BCUT2D eigenvalue weighted by Crippen LogP contribution is -2.51. The third-order valence-corrected chi connectivity index (χ3v) is 4.52. The molecule has 1 aliphatic rings. The van der Waals surface area contributed by atoms with Gasteiger partial charge in [-0.05, 0) is 56.1 Å². The molecular formula is C20H24ClFN2O2. The van der Waals surface area contributed by atoms with Crippen LogP contribution in [0.1, 0.15) is 35.7 Å². The molecule has 0 saturated carbocycles. The first-order valence-electron chi connectivity index (χ1n) is 8.64. The first-order valence-corrected chi connectivity index (χ1v) is 8.64. The molecule has 1 saturated heterocycles. The molecule has 2 aromatic carbocycles. The summed E-state index contributed by atoms with van der Waals surface area (Å²) in [5.74, 6) is 0.120. The van der Waals surface area contributed by atoms with Crippen molar-refractivity contribution in [2.75, 3.05) is 6.54 Å². The first-order chi connectivity index (χ1) is 12.1. The number of nitrogens with one attached hydrogen (secondary N) is 2. The van der Waals surface area contributed by atoms with Gasteiger partial charge in [-0.3, -0.25) is 4.79 Å². The number of hydrogen-bond donors (Lipinski definition) is 2. The highest BCUT2D eigenvalue weighted by Gasteiger charge is 2.24. The maximum Gasteiger partial charge on any atom is 0.255 e. The minimum absolute atomic E-state index is 0. The van der Waals surface area contributed by atoms with E-state index in [-0.39, 0.29) is 42.8 Å². The summed E-state index contributed by atoms with van der Waals surface area (Å²) in [5, 5.41) is 6.48. The van der Waals surface area contributed by atoms with Crippen LogP contribution in [-0.2, 0) is 6.61 Å². The minimum atomic E-state index is -0.279. The van der Waals surface area contributed by atoms with E-state index < -0.39 is 0 Å². The molecule has 2 N–H and O–H groups in total. The zero-order chi connectivity index (χ0) is 17.6.